The van der Waals surface area contributed by atoms with E-state index in [2.05, 4.69) is 22.2 Å². The van der Waals surface area contributed by atoms with E-state index in [1.807, 2.05) is 0 Å². The van der Waals surface area contributed by atoms with Crippen LogP contribution in [0.3, 0.4) is 0 Å². The fraction of sp³-hybridized carbons (Fsp3) is 0.111. The number of hydrogen-bond donors (Lipinski definition) is 2. The first-order valence-electron chi connectivity index (χ1n) is 4.00. The van der Waals surface area contributed by atoms with E-state index in [1.54, 1.807) is 24.4 Å². The number of amides is 2. The van der Waals surface area contributed by atoms with Gasteiger partial charge in [0.2, 0.25) is 0 Å². The molecule has 0 saturated heterocycles. The van der Waals surface area contributed by atoms with E-state index in [-0.39, 0.29) is 6.03 Å². The van der Waals surface area contributed by atoms with Crippen LogP contribution in [0.5, 0.6) is 0 Å². The molecule has 0 unspecified atom stereocenters. The Morgan fingerprint density at radius 3 is 3.14 bits per heavy atom. The van der Waals surface area contributed by atoms with Crippen LogP contribution in [-0.2, 0) is 0 Å². The molecule has 74 valence electrons. The van der Waals surface area contributed by atoms with Crippen molar-refractivity contribution in [3.8, 4) is 0 Å². The average Bonchev–Trinajstić information content (AvgIpc) is 2.18. The summed E-state index contributed by atoms with van der Waals surface area (Å²) < 4.78 is 0. The van der Waals surface area contributed by atoms with Crippen LogP contribution in [0.4, 0.5) is 10.6 Å². The number of halogens is 1. The fourth-order valence-electron chi connectivity index (χ4n) is 0.794. The van der Waals surface area contributed by atoms with Gasteiger partial charge in [-0.25, -0.2) is 9.78 Å². The Balaban J connectivity index is 2.56. The highest BCUT2D eigenvalue weighted by atomic mass is 35.5. The van der Waals surface area contributed by atoms with Crippen molar-refractivity contribution >= 4 is 23.4 Å². The third-order valence-corrected chi connectivity index (χ3v) is 1.70. The lowest BCUT2D eigenvalue weighted by Gasteiger charge is -2.05. The Morgan fingerprint density at radius 2 is 2.50 bits per heavy atom. The van der Waals surface area contributed by atoms with Crippen LogP contribution in [0, 0.1) is 0 Å². The van der Waals surface area contributed by atoms with Gasteiger partial charge < -0.3 is 5.32 Å². The summed E-state index contributed by atoms with van der Waals surface area (Å²) in [5.41, 5.74) is 0. The van der Waals surface area contributed by atoms with E-state index in [0.29, 0.717) is 17.4 Å². The first-order valence-corrected chi connectivity index (χ1v) is 4.38. The molecule has 5 heteroatoms. The van der Waals surface area contributed by atoms with E-state index in [4.69, 9.17) is 11.6 Å². The Hall–Kier alpha value is -1.55. The zero-order valence-corrected chi connectivity index (χ0v) is 8.21. The summed E-state index contributed by atoms with van der Waals surface area (Å²) >= 11 is 5.78. The molecular weight excluding hydrogens is 202 g/mol. The van der Waals surface area contributed by atoms with Gasteiger partial charge in [0.05, 0.1) is 5.02 Å². The Labute approximate surface area is 87.0 Å². The van der Waals surface area contributed by atoms with Gasteiger partial charge in [-0.1, -0.05) is 17.7 Å². The summed E-state index contributed by atoms with van der Waals surface area (Å²) in [7, 11) is 0. The molecule has 0 bridgehead atoms. The van der Waals surface area contributed by atoms with Gasteiger partial charge in [-0.15, -0.1) is 6.58 Å². The van der Waals surface area contributed by atoms with Gasteiger partial charge in [-0.3, -0.25) is 5.32 Å². The van der Waals surface area contributed by atoms with Crippen molar-refractivity contribution < 1.29 is 4.79 Å². The highest BCUT2D eigenvalue weighted by molar-refractivity contribution is 6.33. The van der Waals surface area contributed by atoms with Crippen molar-refractivity contribution in [2.24, 2.45) is 0 Å². The maximum atomic E-state index is 11.2. The highest BCUT2D eigenvalue weighted by Gasteiger charge is 2.03. The number of hydrogen-bond acceptors (Lipinski definition) is 2. The smallest absolute Gasteiger partial charge is 0.320 e. The largest absolute Gasteiger partial charge is 0.334 e. The highest BCUT2D eigenvalue weighted by Crippen LogP contribution is 2.16. The van der Waals surface area contributed by atoms with Crippen molar-refractivity contribution in [2.45, 2.75) is 0 Å². The SMILES string of the molecule is C=CCNC(=O)Nc1ncccc1Cl. The molecule has 0 saturated carbocycles. The topological polar surface area (TPSA) is 54.0 Å². The van der Waals surface area contributed by atoms with E-state index < -0.39 is 0 Å². The van der Waals surface area contributed by atoms with Crippen molar-refractivity contribution in [2.75, 3.05) is 11.9 Å². The van der Waals surface area contributed by atoms with Gasteiger partial charge >= 0.3 is 6.03 Å². The van der Waals surface area contributed by atoms with Gasteiger partial charge in [-0.2, -0.15) is 0 Å². The fourth-order valence-corrected chi connectivity index (χ4v) is 0.963. The van der Waals surface area contributed by atoms with Crippen LogP contribution < -0.4 is 10.6 Å². The van der Waals surface area contributed by atoms with E-state index in [1.165, 1.54) is 0 Å². The third-order valence-electron chi connectivity index (χ3n) is 1.40. The minimum absolute atomic E-state index is 0.343. The molecule has 1 aromatic rings. The number of carbonyl (C=O) groups excluding carboxylic acids is 1. The van der Waals surface area contributed by atoms with Crippen LogP contribution >= 0.6 is 11.6 Å². The molecule has 0 fully saturated rings. The number of pyridine rings is 1. The molecule has 0 radical (unpaired) electrons. The van der Waals surface area contributed by atoms with Crippen LogP contribution in [0.2, 0.25) is 5.02 Å². The minimum atomic E-state index is -0.356. The molecule has 0 atom stereocenters. The molecule has 2 N–H and O–H groups in total. The Morgan fingerprint density at radius 1 is 1.71 bits per heavy atom. The average molecular weight is 212 g/mol. The maximum Gasteiger partial charge on any atom is 0.320 e. The molecule has 0 aliphatic rings. The molecule has 0 aliphatic heterocycles. The lowest BCUT2D eigenvalue weighted by molar-refractivity contribution is 0.253. The molecule has 1 aromatic heterocycles. The third kappa shape index (κ3) is 3.06. The summed E-state index contributed by atoms with van der Waals surface area (Å²) in [6, 6.07) is 2.98. The summed E-state index contributed by atoms with van der Waals surface area (Å²) in [4.78, 5) is 15.1. The van der Waals surface area contributed by atoms with Crippen molar-refractivity contribution in [1.29, 1.82) is 0 Å². The van der Waals surface area contributed by atoms with Gasteiger partial charge in [-0.05, 0) is 12.1 Å². The van der Waals surface area contributed by atoms with E-state index >= 15 is 0 Å². The minimum Gasteiger partial charge on any atom is -0.334 e. The Kier molecular flexibility index (Phi) is 3.94. The second kappa shape index (κ2) is 5.24. The zero-order valence-electron chi connectivity index (χ0n) is 7.46. The summed E-state index contributed by atoms with van der Waals surface area (Å²) in [6.45, 7) is 3.87. The number of rotatable bonds is 3. The molecule has 0 spiro atoms. The number of aromatic nitrogens is 1. The first-order chi connectivity index (χ1) is 6.74. The lowest BCUT2D eigenvalue weighted by atomic mass is 10.4. The molecule has 14 heavy (non-hydrogen) atoms. The Bertz CT molecular complexity index is 341. The summed E-state index contributed by atoms with van der Waals surface area (Å²) in [6.07, 6.45) is 3.13. The molecule has 0 aromatic carbocycles. The monoisotopic (exact) mass is 211 g/mol. The summed E-state index contributed by atoms with van der Waals surface area (Å²) in [5.74, 6) is 0.343. The second-order valence-corrected chi connectivity index (χ2v) is 2.86. The van der Waals surface area contributed by atoms with Crippen molar-refractivity contribution in [3.63, 3.8) is 0 Å². The number of urea groups is 1. The van der Waals surface area contributed by atoms with Crippen LogP contribution in [-0.4, -0.2) is 17.6 Å². The number of anilines is 1. The molecular formula is C9H10ClN3O. The van der Waals surface area contributed by atoms with Crippen LogP contribution in [0.15, 0.2) is 31.0 Å². The lowest BCUT2D eigenvalue weighted by Crippen LogP contribution is -2.29. The van der Waals surface area contributed by atoms with E-state index in [0.717, 1.165) is 0 Å². The molecule has 2 amide bonds. The predicted octanol–water partition coefficient (Wildman–Crippen LogP) is 2.04. The van der Waals surface area contributed by atoms with Crippen LogP contribution in [0.25, 0.3) is 0 Å². The number of carbonyl (C=O) groups is 1. The molecule has 1 heterocycles. The molecule has 1 rings (SSSR count). The quantitative estimate of drug-likeness (QED) is 0.752. The summed E-state index contributed by atoms with van der Waals surface area (Å²) in [5, 5.41) is 5.45. The van der Waals surface area contributed by atoms with Crippen molar-refractivity contribution in [1.82, 2.24) is 10.3 Å². The van der Waals surface area contributed by atoms with Gasteiger partial charge in [0.15, 0.2) is 5.82 Å². The predicted molar refractivity (Wildman–Crippen MR) is 56.5 cm³/mol. The molecule has 0 aliphatic carbocycles. The van der Waals surface area contributed by atoms with E-state index in [9.17, 15) is 4.79 Å². The molecule has 4 nitrogen and oxygen atoms in total. The van der Waals surface area contributed by atoms with Crippen molar-refractivity contribution in [3.05, 3.63) is 36.0 Å². The normalized spacial score (nSPS) is 9.21. The van der Waals surface area contributed by atoms with Gasteiger partial charge in [0.1, 0.15) is 0 Å². The van der Waals surface area contributed by atoms with Crippen LogP contribution in [0.1, 0.15) is 0 Å². The first kappa shape index (κ1) is 10.5. The van der Waals surface area contributed by atoms with Gasteiger partial charge in [0.25, 0.3) is 0 Å². The van der Waals surface area contributed by atoms with Gasteiger partial charge in [0, 0.05) is 12.7 Å². The standard InChI is InChI=1S/C9H10ClN3O/c1-2-5-12-9(14)13-8-7(10)4-3-6-11-8/h2-4,6H,1,5H2,(H2,11,12,13,14). The number of nitrogens with zero attached hydrogens (tertiary/aromatic N) is 1. The number of nitrogens with one attached hydrogen (secondary N) is 2. The maximum absolute atomic E-state index is 11.2. The second-order valence-electron chi connectivity index (χ2n) is 2.46. The zero-order chi connectivity index (χ0) is 10.4.